The number of allylic oxidation sites excluding steroid dienone is 1. The van der Waals surface area contributed by atoms with Crippen LogP contribution in [0.25, 0.3) is 0 Å². The van der Waals surface area contributed by atoms with E-state index < -0.39 is 21.6 Å². The average Bonchev–Trinajstić information content (AvgIpc) is 2.00. The molecule has 0 rings (SSSR count). The molecule has 0 aliphatic heterocycles. The Morgan fingerprint density at radius 1 is 1.46 bits per heavy atom. The minimum atomic E-state index is -3.32. The Kier molecular flexibility index (Phi) is 4.69. The third-order valence-electron chi connectivity index (χ3n) is 1.41. The summed E-state index contributed by atoms with van der Waals surface area (Å²) in [6.07, 6.45) is 0.388. The van der Waals surface area contributed by atoms with Gasteiger partial charge in [0.25, 0.3) is 0 Å². The van der Waals surface area contributed by atoms with Crippen molar-refractivity contribution in [1.29, 1.82) is 0 Å². The van der Waals surface area contributed by atoms with E-state index >= 15 is 0 Å². The van der Waals surface area contributed by atoms with Crippen molar-refractivity contribution in [3.8, 4) is 0 Å². The van der Waals surface area contributed by atoms with Gasteiger partial charge in [-0.25, -0.2) is 8.42 Å². The first kappa shape index (κ1) is 12.2. The summed E-state index contributed by atoms with van der Waals surface area (Å²) in [4.78, 5) is 10.6. The van der Waals surface area contributed by atoms with Crippen LogP contribution in [-0.2, 0) is 19.4 Å². The van der Waals surface area contributed by atoms with Crippen LogP contribution in [0.3, 0.4) is 0 Å². The molecule has 0 radical (unpaired) electrons. The third-order valence-corrected chi connectivity index (χ3v) is 2.91. The Bertz CT molecular complexity index is 289. The highest BCUT2D eigenvalue weighted by atomic mass is 32.2. The zero-order valence-electron chi connectivity index (χ0n) is 7.87. The largest absolute Gasteiger partial charge is 0.468 e. The maximum atomic E-state index is 11.2. The Balaban J connectivity index is 4.10. The molecular weight excluding hydrogens is 192 g/mol. The number of sulfone groups is 1. The maximum absolute atomic E-state index is 11.2. The van der Waals surface area contributed by atoms with Crippen LogP contribution in [0.1, 0.15) is 13.3 Å². The molecule has 0 spiro atoms. The fourth-order valence-corrected chi connectivity index (χ4v) is 1.92. The molecule has 0 aromatic rings. The van der Waals surface area contributed by atoms with Crippen LogP contribution in [0.2, 0.25) is 0 Å². The second-order valence-electron chi connectivity index (χ2n) is 2.88. The number of hydrogen-bond acceptors (Lipinski definition) is 4. The standard InChI is InChI=1S/C8H14O4S/c1-7(2)4-5-13(10,11)6-8(9)12-3/h1,4-6H2,2-3H3. The highest BCUT2D eigenvalue weighted by Crippen LogP contribution is 2.01. The second-order valence-corrected chi connectivity index (χ2v) is 5.06. The first-order valence-electron chi connectivity index (χ1n) is 3.79. The van der Waals surface area contributed by atoms with Crippen molar-refractivity contribution < 1.29 is 17.9 Å². The summed E-state index contributed by atoms with van der Waals surface area (Å²) in [7, 11) is -2.16. The Morgan fingerprint density at radius 3 is 2.38 bits per heavy atom. The zero-order chi connectivity index (χ0) is 10.5. The van der Waals surface area contributed by atoms with E-state index in [-0.39, 0.29) is 5.75 Å². The number of carbonyl (C=O) groups is 1. The molecule has 0 fully saturated rings. The lowest BCUT2D eigenvalue weighted by molar-refractivity contribution is -0.137. The van der Waals surface area contributed by atoms with E-state index in [1.165, 1.54) is 0 Å². The highest BCUT2D eigenvalue weighted by molar-refractivity contribution is 7.92. The van der Waals surface area contributed by atoms with Crippen molar-refractivity contribution in [3.05, 3.63) is 12.2 Å². The summed E-state index contributed by atoms with van der Waals surface area (Å²) < 4.78 is 26.6. The predicted molar refractivity (Wildman–Crippen MR) is 50.1 cm³/mol. The van der Waals surface area contributed by atoms with Gasteiger partial charge < -0.3 is 4.74 Å². The molecule has 0 saturated carbocycles. The molecule has 0 aliphatic carbocycles. The number of ether oxygens (including phenoxy) is 1. The topological polar surface area (TPSA) is 60.4 Å². The first-order chi connectivity index (χ1) is 5.87. The molecule has 0 aliphatic rings. The lowest BCUT2D eigenvalue weighted by Crippen LogP contribution is -2.19. The molecule has 13 heavy (non-hydrogen) atoms. The van der Waals surface area contributed by atoms with E-state index in [0.29, 0.717) is 6.42 Å². The lowest BCUT2D eigenvalue weighted by Gasteiger charge is -2.02. The first-order valence-corrected chi connectivity index (χ1v) is 5.61. The molecule has 0 atom stereocenters. The molecule has 0 aromatic heterocycles. The molecule has 76 valence electrons. The fraction of sp³-hybridized carbons (Fsp3) is 0.625. The van der Waals surface area contributed by atoms with Crippen LogP contribution < -0.4 is 0 Å². The predicted octanol–water partition coefficient (Wildman–Crippen LogP) is 0.540. The van der Waals surface area contributed by atoms with E-state index in [0.717, 1.165) is 12.7 Å². The highest BCUT2D eigenvalue weighted by Gasteiger charge is 2.16. The molecule has 5 heteroatoms. The van der Waals surface area contributed by atoms with Crippen molar-refractivity contribution in [3.63, 3.8) is 0 Å². The Morgan fingerprint density at radius 2 is 2.00 bits per heavy atom. The van der Waals surface area contributed by atoms with Gasteiger partial charge in [-0.3, -0.25) is 4.79 Å². The van der Waals surface area contributed by atoms with Gasteiger partial charge in [-0.15, -0.1) is 6.58 Å². The van der Waals surface area contributed by atoms with Gasteiger partial charge in [-0.05, 0) is 13.3 Å². The SMILES string of the molecule is C=C(C)CCS(=O)(=O)CC(=O)OC. The van der Waals surface area contributed by atoms with Gasteiger partial charge in [-0.2, -0.15) is 0 Å². The summed E-state index contributed by atoms with van der Waals surface area (Å²) in [5, 5.41) is 0. The maximum Gasteiger partial charge on any atom is 0.320 e. The summed E-state index contributed by atoms with van der Waals surface area (Å²) in [6, 6.07) is 0. The average molecular weight is 206 g/mol. The van der Waals surface area contributed by atoms with Crippen molar-refractivity contribution in [2.24, 2.45) is 0 Å². The summed E-state index contributed by atoms with van der Waals surface area (Å²) in [5.74, 6) is -1.31. The van der Waals surface area contributed by atoms with Gasteiger partial charge in [-0.1, -0.05) is 5.57 Å². The van der Waals surface area contributed by atoms with E-state index in [1.807, 2.05) is 0 Å². The minimum Gasteiger partial charge on any atom is -0.468 e. The van der Waals surface area contributed by atoms with Gasteiger partial charge >= 0.3 is 5.97 Å². The van der Waals surface area contributed by atoms with Gasteiger partial charge in [0, 0.05) is 0 Å². The number of methoxy groups -OCH3 is 1. The number of esters is 1. The minimum absolute atomic E-state index is 0.0442. The van der Waals surface area contributed by atoms with E-state index in [9.17, 15) is 13.2 Å². The number of hydrogen-bond donors (Lipinski definition) is 0. The normalized spacial score (nSPS) is 10.9. The van der Waals surface area contributed by atoms with Crippen molar-refractivity contribution in [2.75, 3.05) is 18.6 Å². The van der Waals surface area contributed by atoms with Crippen molar-refractivity contribution >= 4 is 15.8 Å². The van der Waals surface area contributed by atoms with Crippen LogP contribution >= 0.6 is 0 Å². The van der Waals surface area contributed by atoms with Crippen LogP contribution in [0.4, 0.5) is 0 Å². The molecule has 0 saturated heterocycles. The Labute approximate surface area is 78.5 Å². The van der Waals surface area contributed by atoms with Crippen LogP contribution in [0, 0.1) is 0 Å². The molecule has 4 nitrogen and oxygen atoms in total. The van der Waals surface area contributed by atoms with E-state index in [1.54, 1.807) is 6.92 Å². The molecule has 0 unspecified atom stereocenters. The third kappa shape index (κ3) is 6.33. The van der Waals surface area contributed by atoms with Crippen LogP contribution in [0.5, 0.6) is 0 Å². The quantitative estimate of drug-likeness (QED) is 0.486. The lowest BCUT2D eigenvalue weighted by atomic mass is 10.3. The van der Waals surface area contributed by atoms with Crippen molar-refractivity contribution in [1.82, 2.24) is 0 Å². The van der Waals surface area contributed by atoms with Gasteiger partial charge in [0.2, 0.25) is 0 Å². The monoisotopic (exact) mass is 206 g/mol. The molecule has 0 amide bonds. The van der Waals surface area contributed by atoms with Crippen LogP contribution in [-0.4, -0.2) is 33.0 Å². The van der Waals surface area contributed by atoms with E-state index in [4.69, 9.17) is 0 Å². The van der Waals surface area contributed by atoms with Gasteiger partial charge in [0.05, 0.1) is 12.9 Å². The molecule has 0 heterocycles. The Hall–Kier alpha value is -0.840. The van der Waals surface area contributed by atoms with Gasteiger partial charge in [0.15, 0.2) is 9.84 Å². The summed E-state index contributed by atoms with van der Waals surface area (Å²) >= 11 is 0. The molecule has 0 N–H and O–H groups in total. The smallest absolute Gasteiger partial charge is 0.320 e. The summed E-state index contributed by atoms with van der Waals surface area (Å²) in [6.45, 7) is 5.32. The number of carbonyl (C=O) groups excluding carboxylic acids is 1. The molecule has 0 bridgehead atoms. The zero-order valence-corrected chi connectivity index (χ0v) is 8.69. The summed E-state index contributed by atoms with van der Waals surface area (Å²) in [5.41, 5.74) is 0.786. The molecule has 0 aromatic carbocycles. The number of rotatable bonds is 5. The van der Waals surface area contributed by atoms with Crippen molar-refractivity contribution in [2.45, 2.75) is 13.3 Å². The van der Waals surface area contributed by atoms with Crippen LogP contribution in [0.15, 0.2) is 12.2 Å². The van der Waals surface area contributed by atoms with Gasteiger partial charge in [0.1, 0.15) is 5.75 Å². The second kappa shape index (κ2) is 5.01. The van der Waals surface area contributed by atoms with E-state index in [2.05, 4.69) is 11.3 Å². The molecular formula is C8H14O4S. The fourth-order valence-electron chi connectivity index (χ4n) is 0.640.